The number of aromatic nitrogens is 2. The quantitative estimate of drug-likeness (QED) is 0.346. The van der Waals surface area contributed by atoms with Crippen molar-refractivity contribution in [3.8, 4) is 22.7 Å². The summed E-state index contributed by atoms with van der Waals surface area (Å²) >= 11 is 0. The molecule has 0 radical (unpaired) electrons. The molecule has 0 saturated carbocycles. The molecule has 32 heavy (non-hydrogen) atoms. The topological polar surface area (TPSA) is 68.5 Å². The SMILES string of the molecule is Cc1ccc(OCC(=O)N/N=C\c2cn(-c3ccccc3)nc2-c2cccc(C)c2)cc1. The minimum absolute atomic E-state index is 0.117. The van der Waals surface area contributed by atoms with Crippen LogP contribution in [0.4, 0.5) is 0 Å². The maximum absolute atomic E-state index is 12.1. The van der Waals surface area contributed by atoms with E-state index in [1.165, 1.54) is 0 Å². The molecule has 1 N–H and O–H groups in total. The molecule has 6 nitrogen and oxygen atoms in total. The van der Waals surface area contributed by atoms with Gasteiger partial charge in [-0.3, -0.25) is 4.79 Å². The van der Waals surface area contributed by atoms with E-state index >= 15 is 0 Å². The molecule has 0 bridgehead atoms. The van der Waals surface area contributed by atoms with Crippen LogP contribution in [0.25, 0.3) is 16.9 Å². The molecular formula is C26H24N4O2. The van der Waals surface area contributed by atoms with Gasteiger partial charge in [0, 0.05) is 17.3 Å². The highest BCUT2D eigenvalue weighted by Crippen LogP contribution is 2.23. The Labute approximate surface area is 187 Å². The molecule has 0 fully saturated rings. The van der Waals surface area contributed by atoms with Gasteiger partial charge in [0.1, 0.15) is 11.4 Å². The monoisotopic (exact) mass is 424 g/mol. The highest BCUT2D eigenvalue weighted by molar-refractivity contribution is 5.89. The summed E-state index contributed by atoms with van der Waals surface area (Å²) < 4.78 is 7.30. The number of carbonyl (C=O) groups is 1. The van der Waals surface area contributed by atoms with Crippen LogP contribution < -0.4 is 10.2 Å². The summed E-state index contributed by atoms with van der Waals surface area (Å²) in [5.41, 5.74) is 8.29. The molecule has 0 saturated heterocycles. The molecule has 0 atom stereocenters. The number of nitrogens with one attached hydrogen (secondary N) is 1. The number of hydrogen-bond acceptors (Lipinski definition) is 4. The Balaban J connectivity index is 1.50. The molecule has 6 heteroatoms. The zero-order valence-corrected chi connectivity index (χ0v) is 18.0. The molecule has 1 amide bonds. The van der Waals surface area contributed by atoms with Crippen LogP contribution in [0.5, 0.6) is 5.75 Å². The number of hydrogen-bond donors (Lipinski definition) is 1. The summed E-state index contributed by atoms with van der Waals surface area (Å²) in [5, 5.41) is 8.89. The summed E-state index contributed by atoms with van der Waals surface area (Å²) in [4.78, 5) is 12.1. The predicted molar refractivity (Wildman–Crippen MR) is 126 cm³/mol. The van der Waals surface area contributed by atoms with Crippen molar-refractivity contribution in [3.63, 3.8) is 0 Å². The van der Waals surface area contributed by atoms with Gasteiger partial charge in [-0.2, -0.15) is 10.2 Å². The van der Waals surface area contributed by atoms with Crippen LogP contribution in [0.1, 0.15) is 16.7 Å². The fourth-order valence-corrected chi connectivity index (χ4v) is 3.20. The van der Waals surface area contributed by atoms with E-state index < -0.39 is 0 Å². The third kappa shape index (κ3) is 5.29. The van der Waals surface area contributed by atoms with Gasteiger partial charge in [-0.15, -0.1) is 0 Å². The Bertz CT molecular complexity index is 1230. The Morgan fingerprint density at radius 2 is 1.78 bits per heavy atom. The highest BCUT2D eigenvalue weighted by atomic mass is 16.5. The Morgan fingerprint density at radius 3 is 2.53 bits per heavy atom. The van der Waals surface area contributed by atoms with E-state index in [9.17, 15) is 4.79 Å². The molecule has 160 valence electrons. The van der Waals surface area contributed by atoms with Crippen LogP contribution in [0, 0.1) is 13.8 Å². The molecule has 4 rings (SSSR count). The maximum atomic E-state index is 12.1. The maximum Gasteiger partial charge on any atom is 0.277 e. The molecule has 1 aromatic heterocycles. The van der Waals surface area contributed by atoms with Gasteiger partial charge in [0.05, 0.1) is 11.9 Å². The number of aryl methyl sites for hydroxylation is 2. The van der Waals surface area contributed by atoms with Crippen molar-refractivity contribution in [2.75, 3.05) is 6.61 Å². The molecule has 0 unspecified atom stereocenters. The van der Waals surface area contributed by atoms with Crippen molar-refractivity contribution in [2.24, 2.45) is 5.10 Å². The minimum atomic E-state index is -0.339. The average molecular weight is 425 g/mol. The number of para-hydroxylation sites is 1. The van der Waals surface area contributed by atoms with Crippen LogP contribution in [0.2, 0.25) is 0 Å². The predicted octanol–water partition coefficient (Wildman–Crippen LogP) is 4.69. The lowest BCUT2D eigenvalue weighted by Gasteiger charge is -2.05. The van der Waals surface area contributed by atoms with Crippen LogP contribution in [-0.2, 0) is 4.79 Å². The van der Waals surface area contributed by atoms with Crippen molar-refractivity contribution in [1.82, 2.24) is 15.2 Å². The van der Waals surface area contributed by atoms with Gasteiger partial charge in [0.25, 0.3) is 5.91 Å². The number of benzene rings is 3. The molecule has 0 aliphatic heterocycles. The first kappa shape index (κ1) is 21.1. The van der Waals surface area contributed by atoms with Crippen LogP contribution in [0.3, 0.4) is 0 Å². The Hall–Kier alpha value is -4.19. The Morgan fingerprint density at radius 1 is 1.00 bits per heavy atom. The van der Waals surface area contributed by atoms with Gasteiger partial charge in [-0.1, -0.05) is 59.7 Å². The van der Waals surface area contributed by atoms with Crippen molar-refractivity contribution in [2.45, 2.75) is 13.8 Å². The van der Waals surface area contributed by atoms with E-state index in [4.69, 9.17) is 9.84 Å². The molecule has 4 aromatic rings. The normalized spacial score (nSPS) is 10.9. The lowest BCUT2D eigenvalue weighted by atomic mass is 10.1. The van der Waals surface area contributed by atoms with Crippen LogP contribution in [-0.4, -0.2) is 28.5 Å². The standard InChI is InChI=1S/C26H24N4O2/c1-19-11-13-24(14-12-19)32-18-25(31)28-27-16-22-17-30(23-9-4-3-5-10-23)29-26(22)21-8-6-7-20(2)15-21/h3-17H,18H2,1-2H3,(H,28,31)/b27-16-. The van der Waals surface area contributed by atoms with Crippen molar-refractivity contribution in [3.05, 3.63) is 102 Å². The van der Waals surface area contributed by atoms with Crippen molar-refractivity contribution in [1.29, 1.82) is 0 Å². The van der Waals surface area contributed by atoms with Crippen molar-refractivity contribution < 1.29 is 9.53 Å². The molecule has 0 aliphatic carbocycles. The molecule has 1 heterocycles. The van der Waals surface area contributed by atoms with E-state index in [1.54, 1.807) is 10.9 Å². The lowest BCUT2D eigenvalue weighted by molar-refractivity contribution is -0.123. The first-order valence-corrected chi connectivity index (χ1v) is 10.3. The van der Waals surface area contributed by atoms with E-state index in [0.29, 0.717) is 5.75 Å². The highest BCUT2D eigenvalue weighted by Gasteiger charge is 2.11. The smallest absolute Gasteiger partial charge is 0.277 e. The van der Waals surface area contributed by atoms with Gasteiger partial charge in [-0.25, -0.2) is 10.1 Å². The average Bonchev–Trinajstić information content (AvgIpc) is 3.23. The first-order valence-electron chi connectivity index (χ1n) is 10.3. The van der Waals surface area contributed by atoms with Crippen molar-refractivity contribution >= 4 is 12.1 Å². The van der Waals surface area contributed by atoms with E-state index in [2.05, 4.69) is 16.6 Å². The number of ether oxygens (including phenoxy) is 1. The largest absolute Gasteiger partial charge is 0.484 e. The summed E-state index contributed by atoms with van der Waals surface area (Å²) in [6.45, 7) is 3.92. The number of rotatable bonds is 7. The lowest BCUT2D eigenvalue weighted by Crippen LogP contribution is -2.24. The second-order valence-electron chi connectivity index (χ2n) is 7.48. The molecule has 3 aromatic carbocycles. The number of amides is 1. The van der Waals surface area contributed by atoms with Crippen LogP contribution >= 0.6 is 0 Å². The zero-order chi connectivity index (χ0) is 22.3. The van der Waals surface area contributed by atoms with Gasteiger partial charge in [-0.05, 0) is 44.2 Å². The minimum Gasteiger partial charge on any atom is -0.484 e. The number of carbonyl (C=O) groups excluding carboxylic acids is 1. The fourth-order valence-electron chi connectivity index (χ4n) is 3.20. The van der Waals surface area contributed by atoms with Gasteiger partial charge < -0.3 is 4.74 Å². The number of hydrazone groups is 1. The summed E-state index contributed by atoms with van der Waals surface area (Å²) in [7, 11) is 0. The fraction of sp³-hybridized carbons (Fsp3) is 0.115. The van der Waals surface area contributed by atoms with E-state index in [0.717, 1.165) is 33.6 Å². The third-order valence-corrected chi connectivity index (χ3v) is 4.84. The summed E-state index contributed by atoms with van der Waals surface area (Å²) in [5.74, 6) is 0.301. The van der Waals surface area contributed by atoms with Crippen LogP contribution in [0.15, 0.2) is 90.2 Å². The van der Waals surface area contributed by atoms with Gasteiger partial charge in [0.2, 0.25) is 0 Å². The zero-order valence-electron chi connectivity index (χ0n) is 18.0. The summed E-state index contributed by atoms with van der Waals surface area (Å²) in [6.07, 6.45) is 3.50. The van der Waals surface area contributed by atoms with E-state index in [1.807, 2.05) is 92.8 Å². The second-order valence-corrected chi connectivity index (χ2v) is 7.48. The molecule has 0 aliphatic rings. The van der Waals surface area contributed by atoms with E-state index in [-0.39, 0.29) is 12.5 Å². The summed E-state index contributed by atoms with van der Waals surface area (Å²) in [6, 6.07) is 25.5. The first-order chi connectivity index (χ1) is 15.6. The third-order valence-electron chi connectivity index (χ3n) is 4.84. The second kappa shape index (κ2) is 9.75. The molecular weight excluding hydrogens is 400 g/mol. The van der Waals surface area contributed by atoms with Gasteiger partial charge >= 0.3 is 0 Å². The van der Waals surface area contributed by atoms with Gasteiger partial charge in [0.15, 0.2) is 6.61 Å². The number of nitrogens with zero attached hydrogens (tertiary/aromatic N) is 3. The molecule has 0 spiro atoms. The Kier molecular flexibility index (Phi) is 6.41.